The number of ether oxygens (including phenoxy) is 1. The van der Waals surface area contributed by atoms with Crippen LogP contribution in [0.5, 0.6) is 0 Å². The Balaban J connectivity index is 2.20. The molecule has 0 bridgehead atoms. The predicted octanol–water partition coefficient (Wildman–Crippen LogP) is 3.92. The number of halogens is 1. The molecule has 1 N–H and O–H groups in total. The fourth-order valence-electron chi connectivity index (χ4n) is 2.33. The second-order valence-corrected chi connectivity index (χ2v) is 9.97. The highest BCUT2D eigenvalue weighted by Crippen LogP contribution is 2.24. The van der Waals surface area contributed by atoms with E-state index in [1.54, 1.807) is 45.0 Å². The first-order valence-electron chi connectivity index (χ1n) is 8.67. The number of carbonyl (C=O) groups is 1. The van der Waals surface area contributed by atoms with Crippen molar-refractivity contribution in [2.75, 3.05) is 0 Å². The van der Waals surface area contributed by atoms with Crippen LogP contribution in [0.2, 0.25) is 5.02 Å². The lowest BCUT2D eigenvalue weighted by atomic mass is 10.1. The quantitative estimate of drug-likeness (QED) is 0.740. The van der Waals surface area contributed by atoms with Crippen molar-refractivity contribution in [1.82, 2.24) is 15.5 Å². The van der Waals surface area contributed by atoms with Crippen molar-refractivity contribution in [3.05, 3.63) is 40.7 Å². The lowest BCUT2D eigenvalue weighted by Crippen LogP contribution is -2.37. The molecule has 1 amide bonds. The predicted molar refractivity (Wildman–Crippen MR) is 104 cm³/mol. The van der Waals surface area contributed by atoms with Crippen LogP contribution in [0, 0.1) is 5.92 Å². The third-order valence-electron chi connectivity index (χ3n) is 3.54. The topological polar surface area (TPSA) is 111 Å². The molecule has 2 rings (SSSR count). The molecule has 1 unspecified atom stereocenters. The summed E-state index contributed by atoms with van der Waals surface area (Å²) in [5, 5.41) is 10.0. The minimum atomic E-state index is -3.87. The summed E-state index contributed by atoms with van der Waals surface area (Å²) in [6.45, 7) is 8.87. The van der Waals surface area contributed by atoms with E-state index in [4.69, 9.17) is 20.8 Å². The van der Waals surface area contributed by atoms with Crippen LogP contribution in [0.3, 0.4) is 0 Å². The van der Waals surface area contributed by atoms with Gasteiger partial charge in [0.25, 0.3) is 0 Å². The molecule has 0 fully saturated rings. The van der Waals surface area contributed by atoms with Crippen molar-refractivity contribution in [2.45, 2.75) is 57.2 Å². The maximum Gasteiger partial charge on any atom is 0.408 e. The van der Waals surface area contributed by atoms with Crippen molar-refractivity contribution in [1.29, 1.82) is 0 Å². The van der Waals surface area contributed by atoms with E-state index in [0.29, 0.717) is 10.6 Å². The van der Waals surface area contributed by atoms with Gasteiger partial charge < -0.3 is 14.5 Å². The minimum absolute atomic E-state index is 0.00877. The Morgan fingerprint density at radius 3 is 2.54 bits per heavy atom. The third kappa shape index (κ3) is 6.20. The van der Waals surface area contributed by atoms with Gasteiger partial charge in [-0.2, -0.15) is 0 Å². The number of carbonyl (C=O) groups excluding carboxylic acids is 1. The van der Waals surface area contributed by atoms with Crippen LogP contribution < -0.4 is 5.32 Å². The van der Waals surface area contributed by atoms with Gasteiger partial charge in [-0.15, -0.1) is 5.10 Å². The first-order chi connectivity index (χ1) is 12.9. The Hall–Kier alpha value is -2.13. The zero-order chi connectivity index (χ0) is 21.1. The van der Waals surface area contributed by atoms with Crippen molar-refractivity contribution in [2.24, 2.45) is 5.92 Å². The molecule has 154 valence electrons. The summed E-state index contributed by atoms with van der Waals surface area (Å²) in [7, 11) is -3.87. The zero-order valence-corrected chi connectivity index (χ0v) is 18.0. The SMILES string of the molecule is CC(C)C(NC(=O)OC(C)(C)C)c1nnc(S(=O)(=O)Cc2cccc(Cl)c2)o1. The molecule has 1 aromatic heterocycles. The van der Waals surface area contributed by atoms with Crippen molar-refractivity contribution < 1.29 is 22.4 Å². The molecule has 0 radical (unpaired) electrons. The second kappa shape index (κ2) is 8.48. The van der Waals surface area contributed by atoms with Gasteiger partial charge >= 0.3 is 11.3 Å². The van der Waals surface area contributed by atoms with Gasteiger partial charge in [0.15, 0.2) is 0 Å². The molecule has 0 saturated carbocycles. The molecular formula is C18H24ClN3O5S. The van der Waals surface area contributed by atoms with E-state index < -0.39 is 32.8 Å². The zero-order valence-electron chi connectivity index (χ0n) is 16.4. The Labute approximate surface area is 169 Å². The van der Waals surface area contributed by atoms with Gasteiger partial charge in [0.05, 0.1) is 5.75 Å². The normalized spacial score (nSPS) is 13.4. The first kappa shape index (κ1) is 22.2. The highest BCUT2D eigenvalue weighted by Gasteiger charge is 2.30. The first-order valence-corrected chi connectivity index (χ1v) is 10.7. The van der Waals surface area contributed by atoms with Crippen LogP contribution in [-0.4, -0.2) is 30.3 Å². The van der Waals surface area contributed by atoms with Gasteiger partial charge in [-0.1, -0.05) is 42.7 Å². The average molecular weight is 430 g/mol. The van der Waals surface area contributed by atoms with E-state index in [-0.39, 0.29) is 17.6 Å². The molecule has 10 heteroatoms. The largest absolute Gasteiger partial charge is 0.444 e. The average Bonchev–Trinajstić information content (AvgIpc) is 3.00. The molecule has 8 nitrogen and oxygen atoms in total. The molecular weight excluding hydrogens is 406 g/mol. The summed E-state index contributed by atoms with van der Waals surface area (Å²) in [4.78, 5) is 12.1. The van der Waals surface area contributed by atoms with Gasteiger partial charge in [0.1, 0.15) is 11.6 Å². The van der Waals surface area contributed by atoms with Crippen molar-refractivity contribution >= 4 is 27.5 Å². The van der Waals surface area contributed by atoms with Gasteiger partial charge in [0.2, 0.25) is 15.7 Å². The van der Waals surface area contributed by atoms with E-state index in [1.165, 1.54) is 0 Å². The molecule has 28 heavy (non-hydrogen) atoms. The number of sulfone groups is 1. The second-order valence-electron chi connectivity index (χ2n) is 7.66. The smallest absolute Gasteiger partial charge is 0.408 e. The number of hydrogen-bond acceptors (Lipinski definition) is 7. The summed E-state index contributed by atoms with van der Waals surface area (Å²) in [5.74, 6) is -0.483. The van der Waals surface area contributed by atoms with Crippen LogP contribution in [0.15, 0.2) is 33.9 Å². The maximum atomic E-state index is 12.6. The molecule has 0 aliphatic heterocycles. The number of nitrogens with one attached hydrogen (secondary N) is 1. The Bertz CT molecular complexity index is 935. The summed E-state index contributed by atoms with van der Waals surface area (Å²) in [5.41, 5.74) is -0.175. The van der Waals surface area contributed by atoms with E-state index >= 15 is 0 Å². The number of amides is 1. The van der Waals surface area contributed by atoms with Gasteiger partial charge in [-0.25, -0.2) is 13.2 Å². The van der Waals surface area contributed by atoms with Crippen LogP contribution in [0.25, 0.3) is 0 Å². The molecule has 0 saturated heterocycles. The van der Waals surface area contributed by atoms with E-state index in [9.17, 15) is 13.2 Å². The third-order valence-corrected chi connectivity index (χ3v) is 5.18. The van der Waals surface area contributed by atoms with Gasteiger partial charge in [0, 0.05) is 5.02 Å². The molecule has 0 aliphatic rings. The lowest BCUT2D eigenvalue weighted by molar-refractivity contribution is 0.0477. The van der Waals surface area contributed by atoms with Crippen LogP contribution >= 0.6 is 11.6 Å². The molecule has 1 atom stereocenters. The Kier molecular flexibility index (Phi) is 6.71. The van der Waals surface area contributed by atoms with Crippen LogP contribution in [0.1, 0.15) is 52.1 Å². The summed E-state index contributed by atoms with van der Waals surface area (Å²) < 4.78 is 35.8. The highest BCUT2D eigenvalue weighted by molar-refractivity contribution is 7.90. The number of nitrogens with zero attached hydrogens (tertiary/aromatic N) is 2. The number of benzene rings is 1. The fraction of sp³-hybridized carbons (Fsp3) is 0.500. The lowest BCUT2D eigenvalue weighted by Gasteiger charge is -2.23. The summed E-state index contributed by atoms with van der Waals surface area (Å²) >= 11 is 5.90. The Morgan fingerprint density at radius 2 is 1.96 bits per heavy atom. The van der Waals surface area contributed by atoms with Crippen LogP contribution in [-0.2, 0) is 20.3 Å². The molecule has 0 aliphatic carbocycles. The summed E-state index contributed by atoms with van der Waals surface area (Å²) in [6, 6.07) is 5.81. The fourth-order valence-corrected chi connectivity index (χ4v) is 3.66. The maximum absolute atomic E-state index is 12.6. The number of aromatic nitrogens is 2. The van der Waals surface area contributed by atoms with Crippen LogP contribution in [0.4, 0.5) is 4.79 Å². The molecule has 2 aromatic rings. The van der Waals surface area contributed by atoms with Crippen molar-refractivity contribution in [3.8, 4) is 0 Å². The number of alkyl carbamates (subject to hydrolysis) is 1. The number of rotatable bonds is 6. The monoisotopic (exact) mass is 429 g/mol. The number of hydrogen-bond donors (Lipinski definition) is 1. The van der Waals surface area contributed by atoms with Crippen molar-refractivity contribution in [3.63, 3.8) is 0 Å². The summed E-state index contributed by atoms with van der Waals surface area (Å²) in [6.07, 6.45) is -0.660. The highest BCUT2D eigenvalue weighted by atomic mass is 35.5. The minimum Gasteiger partial charge on any atom is -0.444 e. The standard InChI is InChI=1S/C18H24ClN3O5S/c1-11(2)14(20-16(23)27-18(3,4)5)15-21-22-17(26-15)28(24,25)10-12-7-6-8-13(19)9-12/h6-9,11,14H,10H2,1-5H3,(H,20,23). The van der Waals surface area contributed by atoms with E-state index in [0.717, 1.165) is 0 Å². The van der Waals surface area contributed by atoms with E-state index in [2.05, 4.69) is 15.5 Å². The molecule has 0 spiro atoms. The van der Waals surface area contributed by atoms with E-state index in [1.807, 2.05) is 13.8 Å². The molecule has 1 heterocycles. The Morgan fingerprint density at radius 1 is 1.29 bits per heavy atom. The molecule has 1 aromatic carbocycles. The van der Waals surface area contributed by atoms with Gasteiger partial charge in [-0.3, -0.25) is 0 Å². The van der Waals surface area contributed by atoms with Gasteiger partial charge in [-0.05, 0) is 44.4 Å².